The molecule has 0 radical (unpaired) electrons. The lowest BCUT2D eigenvalue weighted by Gasteiger charge is -2.22. The Balaban J connectivity index is 1.77. The molecule has 34 heavy (non-hydrogen) atoms. The molecule has 8 heteroatoms. The fraction of sp³-hybridized carbons (Fsp3) is 0.308. The number of hydrogen-bond acceptors (Lipinski definition) is 4. The summed E-state index contributed by atoms with van der Waals surface area (Å²) in [6.45, 7) is 8.40. The van der Waals surface area contributed by atoms with Crippen molar-refractivity contribution in [2.45, 2.75) is 39.5 Å². The first-order valence-corrected chi connectivity index (χ1v) is 11.2. The molecule has 0 fully saturated rings. The number of rotatable bonds is 7. The third kappa shape index (κ3) is 6.23. The van der Waals surface area contributed by atoms with E-state index in [2.05, 4.69) is 31.4 Å². The van der Waals surface area contributed by atoms with Crippen LogP contribution in [-0.2, 0) is 10.2 Å². The van der Waals surface area contributed by atoms with Crippen LogP contribution in [0, 0.1) is 11.3 Å². The van der Waals surface area contributed by atoms with Crippen LogP contribution in [0.2, 0.25) is 0 Å². The van der Waals surface area contributed by atoms with Crippen LogP contribution in [0.5, 0.6) is 0 Å². The van der Waals surface area contributed by atoms with E-state index in [-0.39, 0.29) is 17.9 Å². The molecule has 2 aromatic carbocycles. The Kier molecular flexibility index (Phi) is 7.69. The number of aromatic nitrogens is 2. The third-order valence-electron chi connectivity index (χ3n) is 5.10. The van der Waals surface area contributed by atoms with E-state index in [0.29, 0.717) is 30.0 Å². The number of nitrogens with one attached hydrogen (secondary N) is 2. The summed E-state index contributed by atoms with van der Waals surface area (Å²) in [6, 6.07) is 19.7. The molecule has 2 N–H and O–H groups in total. The molecule has 0 aliphatic heterocycles. The molecule has 0 unspecified atom stereocenters. The second-order valence-electron chi connectivity index (χ2n) is 9.00. The highest BCUT2D eigenvalue weighted by Crippen LogP contribution is 2.26. The number of para-hydroxylation sites is 1. The summed E-state index contributed by atoms with van der Waals surface area (Å²) in [4.78, 5) is 27.3. The van der Waals surface area contributed by atoms with Gasteiger partial charge in [0.05, 0.1) is 23.0 Å². The minimum absolute atomic E-state index is 0.123. The molecule has 0 saturated heterocycles. The predicted octanol–water partition coefficient (Wildman–Crippen LogP) is 4.92. The quantitative estimate of drug-likeness (QED) is 0.524. The molecule has 3 aromatic rings. The van der Waals surface area contributed by atoms with Crippen molar-refractivity contribution in [3.05, 3.63) is 71.9 Å². The van der Waals surface area contributed by atoms with E-state index in [1.807, 2.05) is 49.4 Å². The number of carbonyl (C=O) groups is 2. The van der Waals surface area contributed by atoms with Gasteiger partial charge >= 0.3 is 6.03 Å². The van der Waals surface area contributed by atoms with E-state index in [4.69, 9.17) is 10.4 Å². The number of anilines is 2. The maximum absolute atomic E-state index is 13.0. The lowest BCUT2D eigenvalue weighted by atomic mass is 9.92. The highest BCUT2D eigenvalue weighted by Gasteiger charge is 2.23. The Morgan fingerprint density at radius 1 is 1.06 bits per heavy atom. The van der Waals surface area contributed by atoms with Crippen molar-refractivity contribution in [1.29, 1.82) is 5.26 Å². The standard InChI is InChI=1S/C26H30N6O2/c1-5-14-31(25(34)28-20-11-9-10-19(15-20)17-27)18-24(33)29-23-16-22(26(2,3)4)30-32(23)21-12-7-6-8-13-21/h6-13,15-16H,5,14,18H2,1-4H3,(H,28,34)(H,29,33). The second-order valence-corrected chi connectivity index (χ2v) is 9.00. The average Bonchev–Trinajstić information content (AvgIpc) is 3.23. The smallest absolute Gasteiger partial charge is 0.315 e. The summed E-state index contributed by atoms with van der Waals surface area (Å²) >= 11 is 0. The van der Waals surface area contributed by atoms with Gasteiger partial charge in [0.25, 0.3) is 0 Å². The lowest BCUT2D eigenvalue weighted by molar-refractivity contribution is -0.116. The van der Waals surface area contributed by atoms with Gasteiger partial charge < -0.3 is 15.5 Å². The van der Waals surface area contributed by atoms with Gasteiger partial charge in [0.1, 0.15) is 12.4 Å². The topological polar surface area (TPSA) is 103 Å². The minimum atomic E-state index is -0.404. The molecular formula is C26H30N6O2. The molecule has 3 rings (SSSR count). The summed E-state index contributed by atoms with van der Waals surface area (Å²) in [5.41, 5.74) is 2.41. The van der Waals surface area contributed by atoms with Gasteiger partial charge in [-0.3, -0.25) is 4.79 Å². The SMILES string of the molecule is CCCN(CC(=O)Nc1cc(C(C)(C)C)nn1-c1ccccc1)C(=O)Nc1cccc(C#N)c1. The van der Waals surface area contributed by atoms with Gasteiger partial charge in [0.15, 0.2) is 0 Å². The summed E-state index contributed by atoms with van der Waals surface area (Å²) in [7, 11) is 0. The Hall–Kier alpha value is -4.12. The maximum atomic E-state index is 13.0. The van der Waals surface area contributed by atoms with Crippen LogP contribution < -0.4 is 10.6 Å². The number of nitrogens with zero attached hydrogens (tertiary/aromatic N) is 4. The van der Waals surface area contributed by atoms with E-state index >= 15 is 0 Å². The highest BCUT2D eigenvalue weighted by molar-refractivity contribution is 5.96. The Bertz CT molecular complexity index is 1190. The van der Waals surface area contributed by atoms with Crippen LogP contribution in [0.3, 0.4) is 0 Å². The van der Waals surface area contributed by atoms with E-state index in [9.17, 15) is 9.59 Å². The number of carbonyl (C=O) groups excluding carboxylic acids is 2. The second kappa shape index (κ2) is 10.7. The molecule has 1 aromatic heterocycles. The summed E-state index contributed by atoms with van der Waals surface area (Å²) in [5, 5.41) is 19.5. The van der Waals surface area contributed by atoms with Gasteiger partial charge in [-0.05, 0) is 36.8 Å². The monoisotopic (exact) mass is 458 g/mol. The highest BCUT2D eigenvalue weighted by atomic mass is 16.2. The first-order chi connectivity index (χ1) is 16.2. The summed E-state index contributed by atoms with van der Waals surface area (Å²) in [6.07, 6.45) is 0.690. The van der Waals surface area contributed by atoms with E-state index in [1.165, 1.54) is 4.90 Å². The third-order valence-corrected chi connectivity index (χ3v) is 5.10. The average molecular weight is 459 g/mol. The van der Waals surface area contributed by atoms with Crippen LogP contribution in [0.15, 0.2) is 60.7 Å². The van der Waals surface area contributed by atoms with Crippen molar-refractivity contribution in [2.75, 3.05) is 23.7 Å². The zero-order valence-electron chi connectivity index (χ0n) is 20.0. The predicted molar refractivity (Wildman–Crippen MR) is 133 cm³/mol. The zero-order chi connectivity index (χ0) is 24.7. The Labute approximate surface area is 200 Å². The van der Waals surface area contributed by atoms with Gasteiger partial charge in [-0.15, -0.1) is 0 Å². The van der Waals surface area contributed by atoms with Crippen LogP contribution in [-0.4, -0.2) is 39.7 Å². The minimum Gasteiger partial charge on any atom is -0.315 e. The van der Waals surface area contributed by atoms with E-state index < -0.39 is 6.03 Å². The molecule has 0 saturated carbocycles. The van der Waals surface area contributed by atoms with Gasteiger partial charge in [-0.1, -0.05) is 52.0 Å². The summed E-state index contributed by atoms with van der Waals surface area (Å²) < 4.78 is 1.70. The largest absolute Gasteiger partial charge is 0.322 e. The molecular weight excluding hydrogens is 428 g/mol. The van der Waals surface area contributed by atoms with Crippen molar-refractivity contribution >= 4 is 23.4 Å². The molecule has 1 heterocycles. The van der Waals surface area contributed by atoms with Crippen LogP contribution in [0.4, 0.5) is 16.3 Å². The molecule has 8 nitrogen and oxygen atoms in total. The number of urea groups is 1. The molecule has 0 bridgehead atoms. The van der Waals surface area contributed by atoms with Crippen molar-refractivity contribution in [3.8, 4) is 11.8 Å². The fourth-order valence-corrected chi connectivity index (χ4v) is 3.35. The summed E-state index contributed by atoms with van der Waals surface area (Å²) in [5.74, 6) is 0.214. The fourth-order valence-electron chi connectivity index (χ4n) is 3.35. The number of hydrogen-bond donors (Lipinski definition) is 2. The van der Waals surface area contributed by atoms with Gasteiger partial charge in [0, 0.05) is 23.7 Å². The van der Waals surface area contributed by atoms with Crippen molar-refractivity contribution < 1.29 is 9.59 Å². The van der Waals surface area contributed by atoms with Crippen LogP contribution >= 0.6 is 0 Å². The zero-order valence-corrected chi connectivity index (χ0v) is 20.0. The molecule has 0 aliphatic rings. The van der Waals surface area contributed by atoms with Crippen LogP contribution in [0.1, 0.15) is 45.4 Å². The molecule has 0 aliphatic carbocycles. The first kappa shape index (κ1) is 24.5. The van der Waals surface area contributed by atoms with Crippen LogP contribution in [0.25, 0.3) is 5.69 Å². The van der Waals surface area contributed by atoms with Gasteiger partial charge in [-0.25, -0.2) is 9.48 Å². The number of amides is 3. The Morgan fingerprint density at radius 2 is 1.79 bits per heavy atom. The lowest BCUT2D eigenvalue weighted by Crippen LogP contribution is -2.41. The van der Waals surface area contributed by atoms with Crippen molar-refractivity contribution in [3.63, 3.8) is 0 Å². The van der Waals surface area contributed by atoms with Gasteiger partial charge in [-0.2, -0.15) is 10.4 Å². The normalized spacial score (nSPS) is 10.9. The maximum Gasteiger partial charge on any atom is 0.322 e. The van der Waals surface area contributed by atoms with Crippen molar-refractivity contribution in [2.24, 2.45) is 0 Å². The molecule has 3 amide bonds. The van der Waals surface area contributed by atoms with Crippen molar-refractivity contribution in [1.82, 2.24) is 14.7 Å². The first-order valence-electron chi connectivity index (χ1n) is 11.2. The van der Waals surface area contributed by atoms with Gasteiger partial charge in [0.2, 0.25) is 5.91 Å². The molecule has 176 valence electrons. The van der Waals surface area contributed by atoms with E-state index in [0.717, 1.165) is 11.4 Å². The number of benzene rings is 2. The number of nitriles is 1. The van der Waals surface area contributed by atoms with E-state index in [1.54, 1.807) is 28.9 Å². The molecule has 0 atom stereocenters. The Morgan fingerprint density at radius 3 is 2.44 bits per heavy atom. The molecule has 0 spiro atoms.